The molecule has 4 aromatic rings. The highest BCUT2D eigenvalue weighted by Crippen LogP contribution is 2.56. The SMILES string of the molecule is COc1c(C)c(CCCCCCCCCC[P+](c2ccccc2)(c2ccccc2)c2ccccc2)c(OC)c(OC)c1OC.O=C[O-]. The number of benzene rings is 4. The van der Waals surface area contributed by atoms with E-state index in [1.165, 1.54) is 67.0 Å². The first kappa shape index (κ1) is 37.4. The van der Waals surface area contributed by atoms with Crippen LogP contribution in [0.15, 0.2) is 91.0 Å². The zero-order valence-electron chi connectivity index (χ0n) is 28.7. The number of methoxy groups -OCH3 is 4. The Hall–Kier alpha value is -4.02. The average Bonchev–Trinajstić information content (AvgIpc) is 3.12. The molecule has 0 fully saturated rings. The minimum Gasteiger partial charge on any atom is -0.554 e. The molecule has 0 N–H and O–H groups in total. The first-order valence-electron chi connectivity index (χ1n) is 16.5. The lowest BCUT2D eigenvalue weighted by Gasteiger charge is -2.27. The molecule has 0 heterocycles. The largest absolute Gasteiger partial charge is 0.554 e. The molecule has 4 aromatic carbocycles. The summed E-state index contributed by atoms with van der Waals surface area (Å²) in [5.41, 5.74) is 2.20. The molecule has 0 aliphatic carbocycles. The van der Waals surface area contributed by atoms with Crippen molar-refractivity contribution in [2.45, 2.75) is 64.7 Å². The van der Waals surface area contributed by atoms with Crippen molar-refractivity contribution in [3.05, 3.63) is 102 Å². The molecule has 0 bridgehead atoms. The van der Waals surface area contributed by atoms with Crippen LogP contribution in [0.25, 0.3) is 0 Å². The number of ether oxygens (including phenoxy) is 4. The van der Waals surface area contributed by atoms with E-state index in [1.807, 2.05) is 0 Å². The van der Waals surface area contributed by atoms with E-state index in [2.05, 4.69) is 97.9 Å². The van der Waals surface area contributed by atoms with Gasteiger partial charge in [-0.15, -0.1) is 0 Å². The lowest BCUT2D eigenvalue weighted by atomic mass is 9.98. The number of hydrogen-bond donors (Lipinski definition) is 0. The smallest absolute Gasteiger partial charge is 0.207 e. The number of rotatable bonds is 18. The summed E-state index contributed by atoms with van der Waals surface area (Å²) < 4.78 is 22.7. The molecule has 0 aromatic heterocycles. The third kappa shape index (κ3) is 9.51. The lowest BCUT2D eigenvalue weighted by Crippen LogP contribution is -2.33. The number of carbonyl (C=O) groups is 1. The van der Waals surface area contributed by atoms with Crippen molar-refractivity contribution in [3.63, 3.8) is 0 Å². The van der Waals surface area contributed by atoms with Gasteiger partial charge in [0, 0.05) is 17.6 Å². The van der Waals surface area contributed by atoms with Crippen LogP contribution in [0, 0.1) is 6.92 Å². The number of unbranched alkanes of at least 4 members (excludes halogenated alkanes) is 7. The van der Waals surface area contributed by atoms with E-state index < -0.39 is 13.7 Å². The van der Waals surface area contributed by atoms with Gasteiger partial charge in [-0.2, -0.15) is 0 Å². The summed E-state index contributed by atoms with van der Waals surface area (Å²) >= 11 is 0. The van der Waals surface area contributed by atoms with Gasteiger partial charge in [0.25, 0.3) is 0 Å². The molecule has 0 saturated carbocycles. The zero-order valence-corrected chi connectivity index (χ0v) is 29.6. The summed E-state index contributed by atoms with van der Waals surface area (Å²) in [6.45, 7) is 1.57. The van der Waals surface area contributed by atoms with Crippen LogP contribution in [0.5, 0.6) is 23.0 Å². The summed E-state index contributed by atoms with van der Waals surface area (Å²) in [4.78, 5) is 8.25. The van der Waals surface area contributed by atoms with Crippen LogP contribution in [0.3, 0.4) is 0 Å². The van der Waals surface area contributed by atoms with Gasteiger partial charge in [-0.1, -0.05) is 86.7 Å². The monoisotopic (exact) mass is 658 g/mol. The molecular weight excluding hydrogens is 607 g/mol. The average molecular weight is 659 g/mol. The minimum atomic E-state index is -1.72. The van der Waals surface area contributed by atoms with Gasteiger partial charge >= 0.3 is 0 Å². The van der Waals surface area contributed by atoms with E-state index in [-0.39, 0.29) is 0 Å². The van der Waals surface area contributed by atoms with Gasteiger partial charge in [0.05, 0.1) is 34.6 Å². The van der Waals surface area contributed by atoms with E-state index in [1.54, 1.807) is 28.4 Å². The molecule has 0 aliphatic heterocycles. The van der Waals surface area contributed by atoms with E-state index >= 15 is 0 Å². The van der Waals surface area contributed by atoms with E-state index in [0.29, 0.717) is 11.5 Å². The Morgan fingerprint density at radius 1 is 0.532 bits per heavy atom. The molecule has 6 nitrogen and oxygen atoms in total. The van der Waals surface area contributed by atoms with Crippen molar-refractivity contribution in [1.82, 2.24) is 0 Å². The van der Waals surface area contributed by atoms with Crippen LogP contribution in [0.2, 0.25) is 0 Å². The fourth-order valence-corrected chi connectivity index (χ4v) is 11.0. The Bertz CT molecular complexity index is 1360. The van der Waals surface area contributed by atoms with Crippen LogP contribution in [-0.4, -0.2) is 41.1 Å². The molecule has 47 heavy (non-hydrogen) atoms. The second kappa shape index (κ2) is 20.3. The topological polar surface area (TPSA) is 77.0 Å². The van der Waals surface area contributed by atoms with Gasteiger partial charge in [0.1, 0.15) is 23.2 Å². The number of carbonyl (C=O) groups excluding carboxylic acids is 1. The molecule has 0 amide bonds. The molecule has 4 rings (SSSR count). The Morgan fingerprint density at radius 3 is 1.26 bits per heavy atom. The Morgan fingerprint density at radius 2 is 0.872 bits per heavy atom. The third-order valence-corrected chi connectivity index (χ3v) is 13.3. The second-order valence-electron chi connectivity index (χ2n) is 11.5. The summed E-state index contributed by atoms with van der Waals surface area (Å²) in [5, 5.41) is 12.7. The summed E-state index contributed by atoms with van der Waals surface area (Å²) in [7, 11) is 4.93. The standard InChI is InChI=1S/C39H50O4P.CH2O2/c1-31-35(37(41-3)39(43-5)38(42-4)36(31)40-2)29-21-10-8-6-7-9-11-22-30-44(32-23-15-12-16-24-32,33-25-17-13-18-26-33)34-27-19-14-20-28-34;2-1-3/h12-20,23-28H,6-11,21-22,29-30H2,1-5H3;1H,(H,2,3)/q+1;/p-1. The van der Waals surface area contributed by atoms with Gasteiger partial charge < -0.3 is 28.8 Å². The molecule has 0 spiro atoms. The van der Waals surface area contributed by atoms with Crippen LogP contribution < -0.4 is 40.0 Å². The Balaban J connectivity index is 0.00000192. The fourth-order valence-electron chi connectivity index (χ4n) is 6.55. The summed E-state index contributed by atoms with van der Waals surface area (Å²) in [6, 6.07) is 33.7. The van der Waals surface area contributed by atoms with Crippen molar-refractivity contribution in [1.29, 1.82) is 0 Å². The van der Waals surface area contributed by atoms with E-state index in [9.17, 15) is 0 Å². The molecular formula is C40H51O6P. The highest BCUT2D eigenvalue weighted by Gasteiger charge is 2.44. The maximum atomic E-state index is 8.25. The minimum absolute atomic E-state index is 0.500. The van der Waals surface area contributed by atoms with Gasteiger partial charge in [-0.05, 0) is 69.0 Å². The molecule has 252 valence electrons. The molecule has 0 unspecified atom stereocenters. The predicted octanol–water partition coefficient (Wildman–Crippen LogP) is 7.05. The summed E-state index contributed by atoms with van der Waals surface area (Å²) in [5.74, 6) is 2.66. The number of carboxylic acid groups (broad SMARTS) is 1. The summed E-state index contributed by atoms with van der Waals surface area (Å²) in [6.07, 6.45) is 12.1. The van der Waals surface area contributed by atoms with Crippen LogP contribution in [-0.2, 0) is 11.2 Å². The van der Waals surface area contributed by atoms with E-state index in [4.69, 9.17) is 28.8 Å². The Kier molecular flexibility index (Phi) is 16.1. The molecule has 7 heteroatoms. The lowest BCUT2D eigenvalue weighted by molar-refractivity contribution is -0.283. The van der Waals surface area contributed by atoms with Crippen molar-refractivity contribution < 1.29 is 28.8 Å². The van der Waals surface area contributed by atoms with Crippen molar-refractivity contribution in [2.24, 2.45) is 0 Å². The third-order valence-electron chi connectivity index (χ3n) is 8.76. The number of hydrogen-bond acceptors (Lipinski definition) is 6. The molecule has 0 radical (unpaired) electrons. The molecule has 0 saturated heterocycles. The first-order chi connectivity index (χ1) is 23.0. The fraction of sp³-hybridized carbons (Fsp3) is 0.375. The zero-order chi connectivity index (χ0) is 33.9. The van der Waals surface area contributed by atoms with Gasteiger partial charge in [-0.25, -0.2) is 0 Å². The first-order valence-corrected chi connectivity index (χ1v) is 18.5. The van der Waals surface area contributed by atoms with Crippen molar-refractivity contribution in [3.8, 4) is 23.0 Å². The maximum Gasteiger partial charge on any atom is 0.207 e. The normalized spacial score (nSPS) is 10.8. The van der Waals surface area contributed by atoms with Crippen molar-refractivity contribution in [2.75, 3.05) is 34.6 Å². The van der Waals surface area contributed by atoms with Gasteiger partial charge in [0.15, 0.2) is 11.5 Å². The molecule has 0 aliphatic rings. The second-order valence-corrected chi connectivity index (χ2v) is 15.1. The highest BCUT2D eigenvalue weighted by molar-refractivity contribution is 7.95. The van der Waals surface area contributed by atoms with Crippen molar-refractivity contribution >= 4 is 29.6 Å². The quantitative estimate of drug-likeness (QED) is 0.0648. The van der Waals surface area contributed by atoms with Gasteiger partial charge in [-0.3, -0.25) is 0 Å². The Labute approximate surface area is 282 Å². The van der Waals surface area contributed by atoms with Crippen LogP contribution in [0.1, 0.15) is 62.5 Å². The molecule has 0 atom stereocenters. The van der Waals surface area contributed by atoms with E-state index in [0.717, 1.165) is 35.5 Å². The van der Waals surface area contributed by atoms with Gasteiger partial charge in [0.2, 0.25) is 11.5 Å². The highest BCUT2D eigenvalue weighted by atomic mass is 31.2. The van der Waals surface area contributed by atoms with Crippen LogP contribution >= 0.6 is 7.26 Å². The predicted molar refractivity (Wildman–Crippen MR) is 194 cm³/mol. The maximum absolute atomic E-state index is 8.25. The van der Waals surface area contributed by atoms with Crippen LogP contribution in [0.4, 0.5) is 0 Å².